The zero-order valence-corrected chi connectivity index (χ0v) is 10.4. The molecule has 0 saturated carbocycles. The summed E-state index contributed by atoms with van der Waals surface area (Å²) >= 11 is 0. The molecule has 88 valence electrons. The lowest BCUT2D eigenvalue weighted by atomic mass is 10.3. The number of hydrogen-bond donors (Lipinski definition) is 0. The molecule has 4 nitrogen and oxygen atoms in total. The molecule has 0 aliphatic rings. The highest BCUT2D eigenvalue weighted by Crippen LogP contribution is 2.05. The molecule has 1 aromatic rings. The van der Waals surface area contributed by atoms with Crippen LogP contribution in [-0.4, -0.2) is 41.5 Å². The van der Waals surface area contributed by atoms with E-state index in [1.165, 1.54) is 0 Å². The molecule has 0 aliphatic heterocycles. The third kappa shape index (κ3) is 3.22. The summed E-state index contributed by atoms with van der Waals surface area (Å²) in [5, 5.41) is 0. The van der Waals surface area contributed by atoms with Gasteiger partial charge in [-0.25, -0.2) is 4.79 Å². The van der Waals surface area contributed by atoms with Crippen molar-refractivity contribution in [2.75, 3.05) is 20.6 Å². The molecule has 0 fully saturated rings. The molecule has 4 heteroatoms. The highest BCUT2D eigenvalue weighted by molar-refractivity contribution is 5.73. The molecule has 0 N–H and O–H groups in total. The van der Waals surface area contributed by atoms with Crippen molar-refractivity contribution in [3.8, 4) is 0 Å². The fourth-order valence-electron chi connectivity index (χ4n) is 1.48. The number of aromatic nitrogens is 1. The molecular weight excluding hydrogens is 202 g/mol. The second kappa shape index (κ2) is 5.49. The molecule has 0 bridgehead atoms. The normalized spacial score (nSPS) is 10.0. The molecule has 0 saturated heterocycles. The van der Waals surface area contributed by atoms with Gasteiger partial charge in [0.25, 0.3) is 0 Å². The minimum absolute atomic E-state index is 0.0193. The van der Waals surface area contributed by atoms with Gasteiger partial charge in [-0.2, -0.15) is 0 Å². The van der Waals surface area contributed by atoms with Gasteiger partial charge < -0.3 is 9.80 Å². The molecule has 1 rings (SSSR count). The predicted octanol–water partition coefficient (Wildman–Crippen LogP) is 1.89. The zero-order chi connectivity index (χ0) is 12.1. The van der Waals surface area contributed by atoms with Crippen LogP contribution in [0.15, 0.2) is 18.2 Å². The third-order valence-electron chi connectivity index (χ3n) is 2.33. The van der Waals surface area contributed by atoms with E-state index in [0.717, 1.165) is 11.4 Å². The highest BCUT2D eigenvalue weighted by Gasteiger charge is 2.14. The first-order valence-electron chi connectivity index (χ1n) is 5.43. The lowest BCUT2D eigenvalue weighted by Crippen LogP contribution is -2.38. The van der Waals surface area contributed by atoms with Crippen LogP contribution in [-0.2, 0) is 6.54 Å². The Morgan fingerprint density at radius 1 is 1.38 bits per heavy atom. The van der Waals surface area contributed by atoms with E-state index in [1.54, 1.807) is 23.9 Å². The highest BCUT2D eigenvalue weighted by atomic mass is 16.2. The van der Waals surface area contributed by atoms with Crippen molar-refractivity contribution in [2.45, 2.75) is 20.4 Å². The van der Waals surface area contributed by atoms with Crippen molar-refractivity contribution in [3.05, 3.63) is 29.6 Å². The van der Waals surface area contributed by atoms with Crippen LogP contribution in [0, 0.1) is 6.92 Å². The van der Waals surface area contributed by atoms with Crippen LogP contribution in [0.5, 0.6) is 0 Å². The molecule has 0 aromatic carbocycles. The SMILES string of the molecule is CCN(Cc1cccc(C)n1)C(=O)N(C)C. The Balaban J connectivity index is 2.74. The Labute approximate surface area is 96.9 Å². The Morgan fingerprint density at radius 2 is 2.06 bits per heavy atom. The number of amides is 2. The summed E-state index contributed by atoms with van der Waals surface area (Å²) < 4.78 is 0. The van der Waals surface area contributed by atoms with E-state index in [0.29, 0.717) is 13.1 Å². The second-order valence-corrected chi connectivity index (χ2v) is 3.96. The lowest BCUT2D eigenvalue weighted by Gasteiger charge is -2.24. The Bertz CT molecular complexity index is 363. The summed E-state index contributed by atoms with van der Waals surface area (Å²) in [4.78, 5) is 19.5. The van der Waals surface area contributed by atoms with Gasteiger partial charge in [0.05, 0.1) is 12.2 Å². The van der Waals surface area contributed by atoms with Crippen LogP contribution in [0.25, 0.3) is 0 Å². The number of rotatable bonds is 3. The van der Waals surface area contributed by atoms with Gasteiger partial charge in [0.2, 0.25) is 0 Å². The van der Waals surface area contributed by atoms with E-state index < -0.39 is 0 Å². The number of aryl methyl sites for hydroxylation is 1. The molecule has 0 radical (unpaired) electrons. The number of nitrogens with zero attached hydrogens (tertiary/aromatic N) is 3. The number of carbonyl (C=O) groups is 1. The summed E-state index contributed by atoms with van der Waals surface area (Å²) in [7, 11) is 3.52. The van der Waals surface area contributed by atoms with Crippen molar-refractivity contribution in [3.63, 3.8) is 0 Å². The van der Waals surface area contributed by atoms with Crippen molar-refractivity contribution in [2.24, 2.45) is 0 Å². The molecule has 0 spiro atoms. The van der Waals surface area contributed by atoms with Gasteiger partial charge in [-0.15, -0.1) is 0 Å². The lowest BCUT2D eigenvalue weighted by molar-refractivity contribution is 0.170. The van der Waals surface area contributed by atoms with Crippen molar-refractivity contribution in [1.29, 1.82) is 0 Å². The topological polar surface area (TPSA) is 36.4 Å². The van der Waals surface area contributed by atoms with E-state index in [1.807, 2.05) is 32.0 Å². The predicted molar refractivity (Wildman–Crippen MR) is 64.1 cm³/mol. The maximum atomic E-state index is 11.8. The first-order valence-corrected chi connectivity index (χ1v) is 5.43. The third-order valence-corrected chi connectivity index (χ3v) is 2.33. The number of hydrogen-bond acceptors (Lipinski definition) is 2. The molecule has 0 aliphatic carbocycles. The molecular formula is C12H19N3O. The van der Waals surface area contributed by atoms with Crippen LogP contribution in [0.2, 0.25) is 0 Å². The second-order valence-electron chi connectivity index (χ2n) is 3.96. The maximum absolute atomic E-state index is 11.8. The molecule has 16 heavy (non-hydrogen) atoms. The number of carbonyl (C=O) groups excluding carboxylic acids is 1. The van der Waals surface area contributed by atoms with E-state index in [2.05, 4.69) is 4.98 Å². The van der Waals surface area contributed by atoms with Gasteiger partial charge in [-0.1, -0.05) is 6.07 Å². The van der Waals surface area contributed by atoms with E-state index >= 15 is 0 Å². The van der Waals surface area contributed by atoms with Gasteiger partial charge in [0.1, 0.15) is 0 Å². The van der Waals surface area contributed by atoms with Crippen LogP contribution < -0.4 is 0 Å². The van der Waals surface area contributed by atoms with Gasteiger partial charge >= 0.3 is 6.03 Å². The molecule has 0 unspecified atom stereocenters. The number of pyridine rings is 1. The van der Waals surface area contributed by atoms with Crippen molar-refractivity contribution >= 4 is 6.03 Å². The average molecular weight is 221 g/mol. The standard InChI is InChI=1S/C12H19N3O/c1-5-15(12(16)14(3)4)9-11-8-6-7-10(2)13-11/h6-8H,5,9H2,1-4H3. The van der Waals surface area contributed by atoms with E-state index in [4.69, 9.17) is 0 Å². The summed E-state index contributed by atoms with van der Waals surface area (Å²) in [5.74, 6) is 0. The molecule has 1 aromatic heterocycles. The van der Waals surface area contributed by atoms with Crippen LogP contribution >= 0.6 is 0 Å². The zero-order valence-electron chi connectivity index (χ0n) is 10.4. The molecule has 2 amide bonds. The fraction of sp³-hybridized carbons (Fsp3) is 0.500. The fourth-order valence-corrected chi connectivity index (χ4v) is 1.48. The van der Waals surface area contributed by atoms with Crippen LogP contribution in [0.4, 0.5) is 4.79 Å². The van der Waals surface area contributed by atoms with Gasteiger partial charge in [0, 0.05) is 26.3 Å². The average Bonchev–Trinajstić information content (AvgIpc) is 2.25. The maximum Gasteiger partial charge on any atom is 0.319 e. The largest absolute Gasteiger partial charge is 0.331 e. The van der Waals surface area contributed by atoms with E-state index in [-0.39, 0.29) is 6.03 Å². The van der Waals surface area contributed by atoms with Crippen LogP contribution in [0.3, 0.4) is 0 Å². The number of urea groups is 1. The minimum atomic E-state index is 0.0193. The summed E-state index contributed by atoms with van der Waals surface area (Å²) in [6.45, 7) is 5.17. The van der Waals surface area contributed by atoms with Crippen LogP contribution in [0.1, 0.15) is 18.3 Å². The Kier molecular flexibility index (Phi) is 4.28. The van der Waals surface area contributed by atoms with Crippen molar-refractivity contribution < 1.29 is 4.79 Å². The first kappa shape index (κ1) is 12.5. The summed E-state index contributed by atoms with van der Waals surface area (Å²) in [5.41, 5.74) is 1.91. The quantitative estimate of drug-likeness (QED) is 0.781. The van der Waals surface area contributed by atoms with Gasteiger partial charge in [-0.3, -0.25) is 4.98 Å². The Morgan fingerprint density at radius 3 is 2.56 bits per heavy atom. The van der Waals surface area contributed by atoms with Gasteiger partial charge in [-0.05, 0) is 26.0 Å². The molecule has 1 heterocycles. The summed E-state index contributed by atoms with van der Waals surface area (Å²) in [6, 6.07) is 5.88. The molecule has 0 atom stereocenters. The Hall–Kier alpha value is -1.58. The van der Waals surface area contributed by atoms with Gasteiger partial charge in [0.15, 0.2) is 0 Å². The summed E-state index contributed by atoms with van der Waals surface area (Å²) in [6.07, 6.45) is 0. The van der Waals surface area contributed by atoms with Crippen molar-refractivity contribution in [1.82, 2.24) is 14.8 Å². The smallest absolute Gasteiger partial charge is 0.319 e. The minimum Gasteiger partial charge on any atom is -0.331 e. The monoisotopic (exact) mass is 221 g/mol. The van der Waals surface area contributed by atoms with E-state index in [9.17, 15) is 4.79 Å². The first-order chi connectivity index (χ1) is 7.54.